The predicted molar refractivity (Wildman–Crippen MR) is 94.3 cm³/mol. The molecule has 1 heterocycles. The minimum atomic E-state index is -0.322. The van der Waals surface area contributed by atoms with Crippen LogP contribution in [-0.2, 0) is 4.79 Å². The molecule has 1 amide bonds. The maximum absolute atomic E-state index is 12.4. The number of nitrogens with zero attached hydrogens (tertiary/aromatic N) is 2. The molecule has 2 aliphatic rings. The van der Waals surface area contributed by atoms with Crippen molar-refractivity contribution in [3.8, 4) is 0 Å². The van der Waals surface area contributed by atoms with Gasteiger partial charge >= 0.3 is 0 Å². The molecule has 0 aromatic carbocycles. The predicted octanol–water partition coefficient (Wildman–Crippen LogP) is 2.50. The Hall–Kier alpha value is -0.320. The lowest BCUT2D eigenvalue weighted by Gasteiger charge is -2.42. The standard InChI is InChI=1S/C17H33N3O.ClH/c1-4-14(3)16(18)17(21)20-11-9-19(10-12-20)15-7-5-13(2)6-8-15;/h13-16H,4-12,18H2,1-3H3;1H. The van der Waals surface area contributed by atoms with Crippen molar-refractivity contribution in [2.45, 2.75) is 65.0 Å². The Morgan fingerprint density at radius 1 is 1.14 bits per heavy atom. The number of piperazine rings is 1. The molecule has 2 N–H and O–H groups in total. The van der Waals surface area contributed by atoms with Gasteiger partial charge in [-0.25, -0.2) is 0 Å². The molecule has 0 aromatic rings. The van der Waals surface area contributed by atoms with E-state index in [0.29, 0.717) is 0 Å². The van der Waals surface area contributed by atoms with Crippen LogP contribution in [0.5, 0.6) is 0 Å². The molecule has 22 heavy (non-hydrogen) atoms. The van der Waals surface area contributed by atoms with Crippen LogP contribution in [0.25, 0.3) is 0 Å². The van der Waals surface area contributed by atoms with Crippen molar-refractivity contribution in [2.75, 3.05) is 26.2 Å². The molecule has 1 saturated heterocycles. The topological polar surface area (TPSA) is 49.6 Å². The summed E-state index contributed by atoms with van der Waals surface area (Å²) in [5.74, 6) is 1.33. The van der Waals surface area contributed by atoms with E-state index in [1.165, 1.54) is 25.7 Å². The largest absolute Gasteiger partial charge is 0.339 e. The second-order valence-electron chi connectivity index (χ2n) is 7.19. The van der Waals surface area contributed by atoms with E-state index in [1.807, 2.05) is 4.90 Å². The number of rotatable bonds is 4. The van der Waals surface area contributed by atoms with Crippen LogP contribution in [0.1, 0.15) is 52.9 Å². The highest BCUT2D eigenvalue weighted by Gasteiger charge is 2.31. The molecule has 2 atom stereocenters. The molecule has 2 unspecified atom stereocenters. The summed E-state index contributed by atoms with van der Waals surface area (Å²) >= 11 is 0. The summed E-state index contributed by atoms with van der Waals surface area (Å²) in [7, 11) is 0. The Morgan fingerprint density at radius 3 is 2.18 bits per heavy atom. The zero-order valence-corrected chi connectivity index (χ0v) is 15.3. The van der Waals surface area contributed by atoms with Gasteiger partial charge in [-0.3, -0.25) is 9.69 Å². The van der Waals surface area contributed by atoms with Crippen molar-refractivity contribution in [1.29, 1.82) is 0 Å². The van der Waals surface area contributed by atoms with E-state index < -0.39 is 0 Å². The number of carbonyl (C=O) groups excluding carboxylic acids is 1. The molecule has 1 saturated carbocycles. The minimum absolute atomic E-state index is 0. The fourth-order valence-corrected chi connectivity index (χ4v) is 3.62. The molecule has 4 nitrogen and oxygen atoms in total. The van der Waals surface area contributed by atoms with Crippen LogP contribution in [0, 0.1) is 11.8 Å². The van der Waals surface area contributed by atoms with E-state index in [0.717, 1.165) is 44.6 Å². The molecule has 2 rings (SSSR count). The van der Waals surface area contributed by atoms with Gasteiger partial charge in [-0.2, -0.15) is 0 Å². The van der Waals surface area contributed by atoms with Gasteiger partial charge in [0, 0.05) is 32.2 Å². The molecular formula is C17H34ClN3O. The molecule has 0 spiro atoms. The van der Waals surface area contributed by atoms with E-state index in [-0.39, 0.29) is 30.3 Å². The average Bonchev–Trinajstić information content (AvgIpc) is 2.53. The summed E-state index contributed by atoms with van der Waals surface area (Å²) in [6, 6.07) is 0.429. The van der Waals surface area contributed by atoms with Crippen molar-refractivity contribution in [3.05, 3.63) is 0 Å². The van der Waals surface area contributed by atoms with Crippen LogP contribution in [0.15, 0.2) is 0 Å². The number of hydrogen-bond acceptors (Lipinski definition) is 3. The smallest absolute Gasteiger partial charge is 0.239 e. The highest BCUT2D eigenvalue weighted by atomic mass is 35.5. The zero-order valence-electron chi connectivity index (χ0n) is 14.5. The summed E-state index contributed by atoms with van der Waals surface area (Å²) in [6.45, 7) is 10.3. The third kappa shape index (κ3) is 4.84. The first kappa shape index (κ1) is 19.7. The van der Waals surface area contributed by atoms with Gasteiger partial charge in [0.1, 0.15) is 0 Å². The van der Waals surface area contributed by atoms with Gasteiger partial charge in [-0.15, -0.1) is 12.4 Å². The lowest BCUT2D eigenvalue weighted by atomic mass is 9.86. The Balaban J connectivity index is 0.00000242. The molecule has 0 radical (unpaired) electrons. The molecule has 1 aliphatic heterocycles. The van der Waals surface area contributed by atoms with Gasteiger partial charge in [0.2, 0.25) is 5.91 Å². The molecule has 1 aliphatic carbocycles. The Bertz CT molecular complexity index is 337. The zero-order chi connectivity index (χ0) is 15.4. The maximum Gasteiger partial charge on any atom is 0.239 e. The third-order valence-corrected chi connectivity index (χ3v) is 5.67. The summed E-state index contributed by atoms with van der Waals surface area (Å²) in [5, 5.41) is 0. The van der Waals surface area contributed by atoms with Crippen molar-refractivity contribution < 1.29 is 4.79 Å². The fraction of sp³-hybridized carbons (Fsp3) is 0.941. The van der Waals surface area contributed by atoms with Gasteiger partial charge in [-0.05, 0) is 37.5 Å². The van der Waals surface area contributed by atoms with E-state index in [1.54, 1.807) is 0 Å². The summed E-state index contributed by atoms with van der Waals surface area (Å²) in [4.78, 5) is 17.0. The molecule has 0 bridgehead atoms. The van der Waals surface area contributed by atoms with Crippen LogP contribution in [0.4, 0.5) is 0 Å². The Labute approximate surface area is 142 Å². The first-order valence-electron chi connectivity index (χ1n) is 8.81. The Morgan fingerprint density at radius 2 is 1.68 bits per heavy atom. The number of halogens is 1. The van der Waals surface area contributed by atoms with E-state index in [4.69, 9.17) is 5.73 Å². The average molecular weight is 332 g/mol. The summed E-state index contributed by atoms with van der Waals surface area (Å²) < 4.78 is 0. The number of hydrogen-bond donors (Lipinski definition) is 1. The second-order valence-corrected chi connectivity index (χ2v) is 7.19. The second kappa shape index (κ2) is 9.09. The first-order chi connectivity index (χ1) is 10.0. The highest BCUT2D eigenvalue weighted by Crippen LogP contribution is 2.27. The highest BCUT2D eigenvalue weighted by molar-refractivity contribution is 5.85. The van der Waals surface area contributed by atoms with Crippen LogP contribution in [-0.4, -0.2) is 54.0 Å². The van der Waals surface area contributed by atoms with E-state index in [9.17, 15) is 4.79 Å². The van der Waals surface area contributed by atoms with Gasteiger partial charge in [0.25, 0.3) is 0 Å². The van der Waals surface area contributed by atoms with Crippen LogP contribution < -0.4 is 5.73 Å². The Kier molecular flexibility index (Phi) is 8.15. The summed E-state index contributed by atoms with van der Waals surface area (Å²) in [5.41, 5.74) is 6.09. The molecule has 5 heteroatoms. The fourth-order valence-electron chi connectivity index (χ4n) is 3.62. The van der Waals surface area contributed by atoms with Crippen molar-refractivity contribution in [1.82, 2.24) is 9.80 Å². The SMILES string of the molecule is CCC(C)C(N)C(=O)N1CCN(C2CCC(C)CC2)CC1.Cl. The van der Waals surface area contributed by atoms with Crippen LogP contribution in [0.2, 0.25) is 0 Å². The first-order valence-corrected chi connectivity index (χ1v) is 8.81. The quantitative estimate of drug-likeness (QED) is 0.861. The normalized spacial score (nSPS) is 29.5. The van der Waals surface area contributed by atoms with Crippen LogP contribution in [0.3, 0.4) is 0 Å². The van der Waals surface area contributed by atoms with Gasteiger partial charge in [0.15, 0.2) is 0 Å². The molecule has 0 aromatic heterocycles. The van der Waals surface area contributed by atoms with Crippen LogP contribution >= 0.6 is 12.4 Å². The van der Waals surface area contributed by atoms with Crippen molar-refractivity contribution >= 4 is 18.3 Å². The van der Waals surface area contributed by atoms with Gasteiger partial charge < -0.3 is 10.6 Å². The van der Waals surface area contributed by atoms with Gasteiger partial charge in [-0.1, -0.05) is 27.2 Å². The molecule has 2 fully saturated rings. The minimum Gasteiger partial charge on any atom is -0.339 e. The third-order valence-electron chi connectivity index (χ3n) is 5.67. The molecule has 130 valence electrons. The van der Waals surface area contributed by atoms with Gasteiger partial charge in [0.05, 0.1) is 6.04 Å². The van der Waals surface area contributed by atoms with Crippen molar-refractivity contribution in [2.24, 2.45) is 17.6 Å². The number of nitrogens with two attached hydrogens (primary N) is 1. The lowest BCUT2D eigenvalue weighted by Crippen LogP contribution is -2.56. The van der Waals surface area contributed by atoms with Crippen molar-refractivity contribution in [3.63, 3.8) is 0 Å². The monoisotopic (exact) mass is 331 g/mol. The lowest BCUT2D eigenvalue weighted by molar-refractivity contribution is -0.136. The van der Waals surface area contributed by atoms with E-state index in [2.05, 4.69) is 25.7 Å². The maximum atomic E-state index is 12.4. The summed E-state index contributed by atoms with van der Waals surface area (Å²) in [6.07, 6.45) is 6.36. The number of carbonyl (C=O) groups is 1. The number of amides is 1. The molecular weight excluding hydrogens is 298 g/mol. The van der Waals surface area contributed by atoms with E-state index >= 15 is 0 Å².